The summed E-state index contributed by atoms with van der Waals surface area (Å²) in [5.41, 5.74) is 3.48. The third-order valence-electron chi connectivity index (χ3n) is 3.52. The molecule has 0 bridgehead atoms. The first-order chi connectivity index (χ1) is 10.8. The molecule has 0 radical (unpaired) electrons. The Morgan fingerprint density at radius 1 is 1.04 bits per heavy atom. The minimum absolute atomic E-state index is 0.0765. The molecule has 0 aliphatic carbocycles. The van der Waals surface area contributed by atoms with Gasteiger partial charge in [0, 0.05) is 11.7 Å². The molecule has 0 fully saturated rings. The van der Waals surface area contributed by atoms with Crippen molar-refractivity contribution in [2.24, 2.45) is 0 Å². The summed E-state index contributed by atoms with van der Waals surface area (Å²) in [6, 6.07) is 9.26. The normalized spacial score (nSPS) is 12.0. The number of anilines is 1. The molecule has 2 rings (SSSR count). The van der Waals surface area contributed by atoms with Crippen molar-refractivity contribution in [1.82, 2.24) is 5.32 Å². The smallest absolute Gasteiger partial charge is 0.238 e. The van der Waals surface area contributed by atoms with Crippen LogP contribution in [0.2, 0.25) is 0 Å². The van der Waals surface area contributed by atoms with Crippen LogP contribution in [0.25, 0.3) is 0 Å². The van der Waals surface area contributed by atoms with Gasteiger partial charge in [-0.2, -0.15) is 0 Å². The van der Waals surface area contributed by atoms with Gasteiger partial charge in [-0.15, -0.1) is 0 Å². The summed E-state index contributed by atoms with van der Waals surface area (Å²) in [5.74, 6) is -1.96. The molecule has 3 nitrogen and oxygen atoms in total. The summed E-state index contributed by atoms with van der Waals surface area (Å²) >= 11 is 0. The molecule has 0 saturated carbocycles. The zero-order valence-corrected chi connectivity index (χ0v) is 13.4. The first kappa shape index (κ1) is 17.1. The number of hydrogen-bond donors (Lipinski definition) is 2. The maximum Gasteiger partial charge on any atom is 0.238 e. The van der Waals surface area contributed by atoms with E-state index in [0.29, 0.717) is 5.56 Å². The fourth-order valence-corrected chi connectivity index (χ4v) is 2.40. The van der Waals surface area contributed by atoms with Crippen LogP contribution in [0.3, 0.4) is 0 Å². The number of hydrogen-bond acceptors (Lipinski definition) is 2. The van der Waals surface area contributed by atoms with Crippen LogP contribution >= 0.6 is 0 Å². The van der Waals surface area contributed by atoms with Crippen molar-refractivity contribution in [2.75, 3.05) is 11.9 Å². The lowest BCUT2D eigenvalue weighted by atomic mass is 10.1. The van der Waals surface area contributed by atoms with Crippen molar-refractivity contribution in [3.63, 3.8) is 0 Å². The third kappa shape index (κ3) is 4.86. The molecule has 0 unspecified atom stereocenters. The highest BCUT2D eigenvalue weighted by Gasteiger charge is 2.11. The fourth-order valence-electron chi connectivity index (χ4n) is 2.40. The van der Waals surface area contributed by atoms with E-state index in [-0.39, 0.29) is 18.5 Å². The molecule has 2 aromatic rings. The summed E-state index contributed by atoms with van der Waals surface area (Å²) in [5, 5.41) is 5.81. The molecule has 5 heteroatoms. The third-order valence-corrected chi connectivity index (χ3v) is 3.52. The zero-order chi connectivity index (χ0) is 17.0. The van der Waals surface area contributed by atoms with Crippen LogP contribution in [0.4, 0.5) is 14.5 Å². The van der Waals surface area contributed by atoms with Crippen LogP contribution in [0.1, 0.15) is 29.7 Å². The van der Waals surface area contributed by atoms with E-state index >= 15 is 0 Å². The lowest BCUT2D eigenvalue weighted by Gasteiger charge is -2.15. The van der Waals surface area contributed by atoms with Crippen molar-refractivity contribution in [1.29, 1.82) is 0 Å². The highest BCUT2D eigenvalue weighted by atomic mass is 19.2. The minimum atomic E-state index is -0.893. The van der Waals surface area contributed by atoms with Crippen LogP contribution in [0, 0.1) is 25.5 Å². The van der Waals surface area contributed by atoms with E-state index in [9.17, 15) is 13.6 Å². The van der Waals surface area contributed by atoms with E-state index in [2.05, 4.69) is 10.6 Å². The Labute approximate surface area is 134 Å². The average Bonchev–Trinajstić information content (AvgIpc) is 2.46. The van der Waals surface area contributed by atoms with Gasteiger partial charge >= 0.3 is 0 Å². The Balaban J connectivity index is 1.91. The Bertz CT molecular complexity index is 696. The Morgan fingerprint density at radius 2 is 1.70 bits per heavy atom. The molecule has 23 heavy (non-hydrogen) atoms. The van der Waals surface area contributed by atoms with Gasteiger partial charge in [0.1, 0.15) is 0 Å². The van der Waals surface area contributed by atoms with Gasteiger partial charge in [0.05, 0.1) is 6.54 Å². The van der Waals surface area contributed by atoms with Crippen LogP contribution in [0.5, 0.6) is 0 Å². The molecule has 0 aromatic heterocycles. The molecule has 0 spiro atoms. The van der Waals surface area contributed by atoms with Gasteiger partial charge in [-0.25, -0.2) is 8.78 Å². The fraction of sp³-hybridized carbons (Fsp3) is 0.278. The number of halogens is 2. The highest BCUT2D eigenvalue weighted by molar-refractivity contribution is 5.92. The maximum atomic E-state index is 13.2. The first-order valence-corrected chi connectivity index (χ1v) is 7.41. The molecule has 0 heterocycles. The van der Waals surface area contributed by atoms with E-state index < -0.39 is 11.6 Å². The summed E-state index contributed by atoms with van der Waals surface area (Å²) < 4.78 is 26.1. The van der Waals surface area contributed by atoms with E-state index in [0.717, 1.165) is 28.9 Å². The molecule has 1 atom stereocenters. The van der Waals surface area contributed by atoms with Crippen molar-refractivity contribution in [3.8, 4) is 0 Å². The summed E-state index contributed by atoms with van der Waals surface area (Å²) in [4.78, 5) is 12.0. The Kier molecular flexibility index (Phi) is 5.45. The van der Waals surface area contributed by atoms with Gasteiger partial charge in [0.2, 0.25) is 5.91 Å². The first-order valence-electron chi connectivity index (χ1n) is 7.41. The number of aryl methyl sites for hydroxylation is 2. The average molecular weight is 318 g/mol. The molecule has 0 aliphatic heterocycles. The predicted molar refractivity (Wildman–Crippen MR) is 87.3 cm³/mol. The number of carbonyl (C=O) groups is 1. The quantitative estimate of drug-likeness (QED) is 0.878. The lowest BCUT2D eigenvalue weighted by Crippen LogP contribution is -2.30. The van der Waals surface area contributed by atoms with Crippen LogP contribution in [-0.4, -0.2) is 12.5 Å². The van der Waals surface area contributed by atoms with Gasteiger partial charge < -0.3 is 10.6 Å². The second-order valence-corrected chi connectivity index (χ2v) is 5.70. The molecular weight excluding hydrogens is 298 g/mol. The number of amides is 1. The topological polar surface area (TPSA) is 41.1 Å². The summed E-state index contributed by atoms with van der Waals surface area (Å²) in [7, 11) is 0. The molecule has 2 aromatic carbocycles. The molecule has 0 aliphatic rings. The zero-order valence-electron chi connectivity index (χ0n) is 13.4. The summed E-state index contributed by atoms with van der Waals surface area (Å²) in [6.45, 7) is 5.79. The van der Waals surface area contributed by atoms with E-state index in [1.165, 1.54) is 6.07 Å². The van der Waals surface area contributed by atoms with Crippen LogP contribution in [0.15, 0.2) is 36.4 Å². The molecule has 2 N–H and O–H groups in total. The second-order valence-electron chi connectivity index (χ2n) is 5.70. The van der Waals surface area contributed by atoms with Crippen molar-refractivity contribution < 1.29 is 13.6 Å². The molecular formula is C18H20F2N2O. The second kappa shape index (κ2) is 7.33. The van der Waals surface area contributed by atoms with Gasteiger partial charge in [-0.1, -0.05) is 12.1 Å². The summed E-state index contributed by atoms with van der Waals surface area (Å²) in [6.07, 6.45) is 0. The number of rotatable bonds is 5. The van der Waals surface area contributed by atoms with Gasteiger partial charge in [-0.3, -0.25) is 4.79 Å². The van der Waals surface area contributed by atoms with E-state index in [1.807, 2.05) is 32.0 Å². The minimum Gasteiger partial charge on any atom is -0.325 e. The van der Waals surface area contributed by atoms with Gasteiger partial charge in [-0.05, 0) is 61.7 Å². The number of benzene rings is 2. The predicted octanol–water partition coefficient (Wildman–Crippen LogP) is 3.87. The molecule has 0 saturated heterocycles. The van der Waals surface area contributed by atoms with Gasteiger partial charge in [0.15, 0.2) is 11.6 Å². The van der Waals surface area contributed by atoms with Crippen molar-refractivity contribution >= 4 is 11.6 Å². The van der Waals surface area contributed by atoms with Crippen molar-refractivity contribution in [2.45, 2.75) is 26.8 Å². The lowest BCUT2D eigenvalue weighted by molar-refractivity contribution is -0.115. The SMILES string of the molecule is Cc1cc(C)cc(NC(=O)CN[C@@H](C)c2ccc(F)c(F)c2)c1. The van der Waals surface area contributed by atoms with Crippen molar-refractivity contribution in [3.05, 3.63) is 64.7 Å². The molecule has 1 amide bonds. The maximum absolute atomic E-state index is 13.2. The molecule has 122 valence electrons. The van der Waals surface area contributed by atoms with E-state index in [4.69, 9.17) is 0 Å². The Morgan fingerprint density at radius 3 is 2.30 bits per heavy atom. The standard InChI is InChI=1S/C18H20F2N2O/c1-11-6-12(2)8-15(7-11)22-18(23)10-21-13(3)14-4-5-16(19)17(20)9-14/h4-9,13,21H,10H2,1-3H3,(H,22,23)/t13-/m0/s1. The van der Waals surface area contributed by atoms with Crippen LogP contribution < -0.4 is 10.6 Å². The highest BCUT2D eigenvalue weighted by Crippen LogP contribution is 2.16. The number of carbonyl (C=O) groups excluding carboxylic acids is 1. The van der Waals surface area contributed by atoms with E-state index in [1.54, 1.807) is 6.92 Å². The number of nitrogens with one attached hydrogen (secondary N) is 2. The van der Waals surface area contributed by atoms with Crippen LogP contribution in [-0.2, 0) is 4.79 Å². The largest absolute Gasteiger partial charge is 0.325 e. The monoisotopic (exact) mass is 318 g/mol. The Hall–Kier alpha value is -2.27. The van der Waals surface area contributed by atoms with Gasteiger partial charge in [0.25, 0.3) is 0 Å².